The van der Waals surface area contributed by atoms with Gasteiger partial charge >= 0.3 is 6.03 Å². The highest BCUT2D eigenvalue weighted by Crippen LogP contribution is 2.14. The lowest BCUT2D eigenvalue weighted by Gasteiger charge is -2.32. The molecule has 1 aliphatic heterocycles. The van der Waals surface area contributed by atoms with Crippen LogP contribution in [-0.2, 0) is 13.6 Å². The summed E-state index contributed by atoms with van der Waals surface area (Å²) >= 11 is 0. The standard InChI is InChI=1S/C18H26N6O/c1-14(17-22-19-13-23(17)2)20-18(25)21-16-8-10-24(11-9-16)12-15-6-4-3-5-7-15/h3-7,13-14,16H,8-12H2,1-2H3,(H2,20,21,25)/t14-/m1/s1. The number of rotatable bonds is 5. The minimum atomic E-state index is -0.175. The Morgan fingerprint density at radius 2 is 2.00 bits per heavy atom. The maximum Gasteiger partial charge on any atom is 0.315 e. The number of urea groups is 1. The lowest BCUT2D eigenvalue weighted by molar-refractivity contribution is 0.185. The second kappa shape index (κ2) is 8.11. The van der Waals surface area contributed by atoms with Crippen LogP contribution < -0.4 is 10.6 Å². The molecule has 2 heterocycles. The van der Waals surface area contributed by atoms with Gasteiger partial charge in [0.25, 0.3) is 0 Å². The molecule has 1 aromatic carbocycles. The van der Waals surface area contributed by atoms with Gasteiger partial charge in [0.15, 0.2) is 5.82 Å². The van der Waals surface area contributed by atoms with E-state index in [0.29, 0.717) is 0 Å². The summed E-state index contributed by atoms with van der Waals surface area (Å²) in [4.78, 5) is 14.6. The summed E-state index contributed by atoms with van der Waals surface area (Å²) in [6.07, 6.45) is 3.57. The molecule has 0 unspecified atom stereocenters. The first-order valence-corrected chi connectivity index (χ1v) is 8.79. The quantitative estimate of drug-likeness (QED) is 0.869. The molecule has 0 bridgehead atoms. The molecule has 1 atom stereocenters. The van der Waals surface area contributed by atoms with Gasteiger partial charge in [0, 0.05) is 32.7 Å². The van der Waals surface area contributed by atoms with Crippen molar-refractivity contribution in [1.29, 1.82) is 0 Å². The first kappa shape index (κ1) is 17.4. The Balaban J connectivity index is 1.41. The highest BCUT2D eigenvalue weighted by molar-refractivity contribution is 5.74. The van der Waals surface area contributed by atoms with E-state index in [4.69, 9.17) is 0 Å². The average Bonchev–Trinajstić information content (AvgIpc) is 3.04. The predicted octanol–water partition coefficient (Wildman–Crippen LogP) is 1.84. The van der Waals surface area contributed by atoms with Gasteiger partial charge in [-0.1, -0.05) is 30.3 Å². The maximum absolute atomic E-state index is 12.2. The molecular formula is C18H26N6O. The minimum absolute atomic E-state index is 0.142. The number of hydrogen-bond acceptors (Lipinski definition) is 4. The second-order valence-corrected chi connectivity index (χ2v) is 6.68. The van der Waals surface area contributed by atoms with E-state index >= 15 is 0 Å². The summed E-state index contributed by atoms with van der Waals surface area (Å²) in [6, 6.07) is 10.4. The molecule has 1 fully saturated rings. The fourth-order valence-electron chi connectivity index (χ4n) is 3.25. The molecule has 7 nitrogen and oxygen atoms in total. The van der Waals surface area contributed by atoms with E-state index in [0.717, 1.165) is 38.3 Å². The van der Waals surface area contributed by atoms with E-state index in [1.807, 2.05) is 24.6 Å². The zero-order valence-corrected chi connectivity index (χ0v) is 14.9. The molecule has 2 aromatic rings. The first-order chi connectivity index (χ1) is 12.1. The third-order valence-electron chi connectivity index (χ3n) is 4.65. The second-order valence-electron chi connectivity index (χ2n) is 6.68. The van der Waals surface area contributed by atoms with Crippen molar-refractivity contribution in [2.24, 2.45) is 7.05 Å². The molecular weight excluding hydrogens is 316 g/mol. The molecule has 1 aliphatic rings. The molecule has 0 aliphatic carbocycles. The Morgan fingerprint density at radius 1 is 1.28 bits per heavy atom. The molecule has 7 heteroatoms. The summed E-state index contributed by atoms with van der Waals surface area (Å²) < 4.78 is 1.81. The number of piperidine rings is 1. The minimum Gasteiger partial charge on any atom is -0.335 e. The van der Waals surface area contributed by atoms with Crippen LogP contribution in [-0.4, -0.2) is 44.8 Å². The van der Waals surface area contributed by atoms with E-state index in [1.165, 1.54) is 5.56 Å². The molecule has 2 amide bonds. The fraction of sp³-hybridized carbons (Fsp3) is 0.500. The normalized spacial score (nSPS) is 17.2. The Morgan fingerprint density at radius 3 is 2.64 bits per heavy atom. The van der Waals surface area contributed by atoms with Crippen LogP contribution in [0.2, 0.25) is 0 Å². The number of aryl methyl sites for hydroxylation is 1. The van der Waals surface area contributed by atoms with Crippen LogP contribution in [0.3, 0.4) is 0 Å². The van der Waals surface area contributed by atoms with Crippen LogP contribution in [0.1, 0.15) is 37.2 Å². The average molecular weight is 342 g/mol. The van der Waals surface area contributed by atoms with Gasteiger partial charge < -0.3 is 15.2 Å². The molecule has 2 N–H and O–H groups in total. The van der Waals surface area contributed by atoms with Crippen LogP contribution in [0, 0.1) is 0 Å². The molecule has 25 heavy (non-hydrogen) atoms. The number of hydrogen-bond donors (Lipinski definition) is 2. The third kappa shape index (κ3) is 4.79. The molecule has 0 saturated carbocycles. The van der Waals surface area contributed by atoms with Gasteiger partial charge in [-0.15, -0.1) is 10.2 Å². The van der Waals surface area contributed by atoms with E-state index in [-0.39, 0.29) is 18.1 Å². The maximum atomic E-state index is 12.2. The monoisotopic (exact) mass is 342 g/mol. The Kier molecular flexibility index (Phi) is 5.65. The first-order valence-electron chi connectivity index (χ1n) is 8.79. The van der Waals surface area contributed by atoms with Crippen LogP contribution in [0.25, 0.3) is 0 Å². The molecule has 0 radical (unpaired) electrons. The summed E-state index contributed by atoms with van der Waals surface area (Å²) in [5.74, 6) is 0.743. The number of carbonyl (C=O) groups is 1. The summed E-state index contributed by atoms with van der Waals surface area (Å²) in [5.41, 5.74) is 1.34. The SMILES string of the molecule is C[C@@H](NC(=O)NC1CCN(Cc2ccccc2)CC1)c1nncn1C. The smallest absolute Gasteiger partial charge is 0.315 e. The van der Waals surface area contributed by atoms with Crippen LogP contribution in [0.4, 0.5) is 4.79 Å². The predicted molar refractivity (Wildman–Crippen MR) is 95.8 cm³/mol. The van der Waals surface area contributed by atoms with Gasteiger partial charge in [-0.25, -0.2) is 4.79 Å². The lowest BCUT2D eigenvalue weighted by Crippen LogP contribution is -2.48. The van der Waals surface area contributed by atoms with Gasteiger partial charge in [0.1, 0.15) is 6.33 Å². The number of aromatic nitrogens is 3. The van der Waals surface area contributed by atoms with Crippen molar-refractivity contribution in [2.45, 2.75) is 38.4 Å². The van der Waals surface area contributed by atoms with Gasteiger partial charge in [-0.2, -0.15) is 0 Å². The number of likely N-dealkylation sites (tertiary alicyclic amines) is 1. The number of carbonyl (C=O) groups excluding carboxylic acids is 1. The largest absolute Gasteiger partial charge is 0.335 e. The number of nitrogens with one attached hydrogen (secondary N) is 2. The molecule has 1 aromatic heterocycles. The fourth-order valence-corrected chi connectivity index (χ4v) is 3.25. The topological polar surface area (TPSA) is 75.1 Å². The van der Waals surface area contributed by atoms with Crippen LogP contribution in [0.5, 0.6) is 0 Å². The molecule has 134 valence electrons. The highest BCUT2D eigenvalue weighted by atomic mass is 16.2. The van der Waals surface area contributed by atoms with Gasteiger partial charge in [0.05, 0.1) is 6.04 Å². The zero-order valence-electron chi connectivity index (χ0n) is 14.9. The van der Waals surface area contributed by atoms with Crippen molar-refractivity contribution in [3.63, 3.8) is 0 Å². The van der Waals surface area contributed by atoms with Crippen LogP contribution in [0.15, 0.2) is 36.7 Å². The third-order valence-corrected chi connectivity index (χ3v) is 4.65. The van der Waals surface area contributed by atoms with Gasteiger partial charge in [-0.05, 0) is 25.3 Å². The lowest BCUT2D eigenvalue weighted by atomic mass is 10.0. The van der Waals surface area contributed by atoms with Crippen LogP contribution >= 0.6 is 0 Å². The van der Waals surface area contributed by atoms with Gasteiger partial charge in [0.2, 0.25) is 0 Å². The van der Waals surface area contributed by atoms with E-state index < -0.39 is 0 Å². The Labute approximate surface area is 148 Å². The summed E-state index contributed by atoms with van der Waals surface area (Å²) in [6.45, 7) is 4.88. The molecule has 0 spiro atoms. The number of amides is 2. The number of benzene rings is 1. The van der Waals surface area contributed by atoms with Crippen molar-refractivity contribution in [3.05, 3.63) is 48.0 Å². The van der Waals surface area contributed by atoms with E-state index in [1.54, 1.807) is 6.33 Å². The van der Waals surface area contributed by atoms with Crippen molar-refractivity contribution >= 4 is 6.03 Å². The summed E-state index contributed by atoms with van der Waals surface area (Å²) in [7, 11) is 1.87. The molecule has 3 rings (SSSR count). The van der Waals surface area contributed by atoms with Crippen molar-refractivity contribution < 1.29 is 4.79 Å². The highest BCUT2D eigenvalue weighted by Gasteiger charge is 2.22. The Bertz CT molecular complexity index is 678. The van der Waals surface area contributed by atoms with Gasteiger partial charge in [-0.3, -0.25) is 4.90 Å². The van der Waals surface area contributed by atoms with E-state index in [2.05, 4.69) is 50.0 Å². The van der Waals surface area contributed by atoms with E-state index in [9.17, 15) is 4.79 Å². The van der Waals surface area contributed by atoms with Crippen molar-refractivity contribution in [2.75, 3.05) is 13.1 Å². The summed E-state index contributed by atoms with van der Waals surface area (Å²) in [5, 5.41) is 13.9. The van der Waals surface area contributed by atoms with Crippen molar-refractivity contribution in [1.82, 2.24) is 30.3 Å². The van der Waals surface area contributed by atoms with Crippen molar-refractivity contribution in [3.8, 4) is 0 Å². The zero-order chi connectivity index (χ0) is 17.6. The number of nitrogens with zero attached hydrogens (tertiary/aromatic N) is 4. The molecule has 1 saturated heterocycles. The Hall–Kier alpha value is -2.41.